The van der Waals surface area contributed by atoms with Crippen LogP contribution in [0.15, 0.2) is 30.3 Å². The predicted molar refractivity (Wildman–Crippen MR) is 127 cm³/mol. The molecule has 0 saturated carbocycles. The smallest absolute Gasteiger partial charge is 0.227 e. The molecule has 8 heteroatoms. The Bertz CT molecular complexity index is 957. The molecule has 3 rings (SSSR count). The third-order valence-corrected chi connectivity index (χ3v) is 5.83. The highest BCUT2D eigenvalue weighted by atomic mass is 16.2. The summed E-state index contributed by atoms with van der Waals surface area (Å²) >= 11 is 0. The standard InChI is InChI=1S/C24H34N6O2/c1-17(31)30-13-7-8-21(30)24-25-19(15-22(26-24)28(4)5)16-29(6)23(32)14-18-9-11-20(12-10-18)27(2)3/h9-12,15,21H,7-8,13-14,16H2,1-6H3. The number of hydrogen-bond acceptors (Lipinski definition) is 6. The van der Waals surface area contributed by atoms with Crippen molar-refractivity contribution in [1.82, 2.24) is 19.8 Å². The summed E-state index contributed by atoms with van der Waals surface area (Å²) in [6.45, 7) is 2.71. The van der Waals surface area contributed by atoms with Crippen molar-refractivity contribution >= 4 is 23.3 Å². The number of amides is 2. The van der Waals surface area contributed by atoms with Gasteiger partial charge >= 0.3 is 0 Å². The van der Waals surface area contributed by atoms with E-state index in [1.165, 1.54) is 0 Å². The summed E-state index contributed by atoms with van der Waals surface area (Å²) in [6.07, 6.45) is 2.14. The lowest BCUT2D eigenvalue weighted by atomic mass is 10.1. The zero-order valence-corrected chi connectivity index (χ0v) is 20.0. The van der Waals surface area contributed by atoms with Crippen molar-refractivity contribution in [1.29, 1.82) is 0 Å². The number of benzene rings is 1. The quantitative estimate of drug-likeness (QED) is 0.661. The van der Waals surface area contributed by atoms with Gasteiger partial charge in [-0.3, -0.25) is 9.59 Å². The number of carbonyl (C=O) groups is 2. The van der Waals surface area contributed by atoms with Crippen LogP contribution < -0.4 is 9.80 Å². The highest BCUT2D eigenvalue weighted by Gasteiger charge is 2.31. The van der Waals surface area contributed by atoms with E-state index in [0.717, 1.165) is 42.1 Å². The minimum atomic E-state index is -0.109. The van der Waals surface area contributed by atoms with Crippen LogP contribution in [0.2, 0.25) is 0 Å². The van der Waals surface area contributed by atoms with Gasteiger partial charge in [0.1, 0.15) is 5.82 Å². The number of likely N-dealkylation sites (N-methyl/N-ethyl adjacent to an activating group) is 1. The predicted octanol–water partition coefficient (Wildman–Crippen LogP) is 2.49. The van der Waals surface area contributed by atoms with Crippen LogP contribution in [-0.2, 0) is 22.6 Å². The molecule has 0 aliphatic carbocycles. The zero-order chi connectivity index (χ0) is 23.4. The second kappa shape index (κ2) is 9.97. The number of likely N-dealkylation sites (tertiary alicyclic amines) is 1. The molecule has 2 heterocycles. The van der Waals surface area contributed by atoms with Gasteiger partial charge in [-0.15, -0.1) is 0 Å². The van der Waals surface area contributed by atoms with Gasteiger partial charge in [-0.25, -0.2) is 9.97 Å². The molecular formula is C24H34N6O2. The first-order valence-electron chi connectivity index (χ1n) is 11.0. The van der Waals surface area contributed by atoms with Crippen LogP contribution in [0.25, 0.3) is 0 Å². The normalized spacial score (nSPS) is 15.6. The molecule has 1 saturated heterocycles. The average molecular weight is 439 g/mol. The molecule has 1 unspecified atom stereocenters. The maximum Gasteiger partial charge on any atom is 0.227 e. The Morgan fingerprint density at radius 2 is 1.72 bits per heavy atom. The van der Waals surface area contributed by atoms with E-state index >= 15 is 0 Å². The topological polar surface area (TPSA) is 72.9 Å². The van der Waals surface area contributed by atoms with E-state index in [1.54, 1.807) is 18.9 Å². The summed E-state index contributed by atoms with van der Waals surface area (Å²) < 4.78 is 0. The fraction of sp³-hybridized carbons (Fsp3) is 0.500. The van der Waals surface area contributed by atoms with Crippen molar-refractivity contribution in [3.8, 4) is 0 Å². The van der Waals surface area contributed by atoms with Gasteiger partial charge in [-0.1, -0.05) is 12.1 Å². The van der Waals surface area contributed by atoms with Gasteiger partial charge in [-0.2, -0.15) is 0 Å². The van der Waals surface area contributed by atoms with Crippen LogP contribution in [-0.4, -0.2) is 73.4 Å². The summed E-state index contributed by atoms with van der Waals surface area (Å²) in [7, 11) is 9.64. The van der Waals surface area contributed by atoms with E-state index in [4.69, 9.17) is 9.97 Å². The molecule has 8 nitrogen and oxygen atoms in total. The number of aromatic nitrogens is 2. The van der Waals surface area contributed by atoms with Crippen LogP contribution in [0, 0.1) is 0 Å². The maximum absolute atomic E-state index is 12.8. The fourth-order valence-electron chi connectivity index (χ4n) is 3.93. The number of anilines is 2. The molecule has 0 bridgehead atoms. The van der Waals surface area contributed by atoms with Gasteiger partial charge in [0.05, 0.1) is 24.7 Å². The molecule has 2 aromatic rings. The third kappa shape index (κ3) is 5.55. The Kier molecular flexibility index (Phi) is 7.33. The van der Waals surface area contributed by atoms with Crippen molar-refractivity contribution in [3.05, 3.63) is 47.4 Å². The van der Waals surface area contributed by atoms with Gasteiger partial charge in [0, 0.05) is 60.5 Å². The first kappa shape index (κ1) is 23.5. The zero-order valence-electron chi connectivity index (χ0n) is 20.0. The first-order valence-corrected chi connectivity index (χ1v) is 11.0. The van der Waals surface area contributed by atoms with E-state index in [9.17, 15) is 9.59 Å². The molecule has 1 atom stereocenters. The molecular weight excluding hydrogens is 404 g/mol. The minimum absolute atomic E-state index is 0.0281. The lowest BCUT2D eigenvalue weighted by Crippen LogP contribution is -2.31. The average Bonchev–Trinajstić information content (AvgIpc) is 3.24. The van der Waals surface area contributed by atoms with Crippen molar-refractivity contribution in [3.63, 3.8) is 0 Å². The Morgan fingerprint density at radius 3 is 2.31 bits per heavy atom. The van der Waals surface area contributed by atoms with Crippen LogP contribution in [0.5, 0.6) is 0 Å². The van der Waals surface area contributed by atoms with E-state index < -0.39 is 0 Å². The number of rotatable bonds is 7. The van der Waals surface area contributed by atoms with Crippen molar-refractivity contribution in [2.24, 2.45) is 0 Å². The molecule has 0 N–H and O–H groups in total. The molecule has 0 spiro atoms. The van der Waals surface area contributed by atoms with E-state index in [2.05, 4.69) is 0 Å². The molecule has 1 aliphatic rings. The number of nitrogens with zero attached hydrogens (tertiary/aromatic N) is 6. The van der Waals surface area contributed by atoms with Crippen LogP contribution in [0.4, 0.5) is 11.5 Å². The molecule has 32 heavy (non-hydrogen) atoms. The molecule has 172 valence electrons. The number of carbonyl (C=O) groups excluding carboxylic acids is 2. The van der Waals surface area contributed by atoms with Crippen LogP contribution in [0.3, 0.4) is 0 Å². The lowest BCUT2D eigenvalue weighted by Gasteiger charge is -2.24. The second-order valence-electron chi connectivity index (χ2n) is 8.83. The highest BCUT2D eigenvalue weighted by Crippen LogP contribution is 2.31. The summed E-state index contributed by atoms with van der Waals surface area (Å²) in [4.78, 5) is 41.8. The lowest BCUT2D eigenvalue weighted by molar-refractivity contribution is -0.130. The minimum Gasteiger partial charge on any atom is -0.378 e. The SMILES string of the molecule is CC(=O)N1CCCC1c1nc(CN(C)C(=O)Cc2ccc(N(C)C)cc2)cc(N(C)C)n1. The van der Waals surface area contributed by atoms with Crippen molar-refractivity contribution in [2.75, 3.05) is 51.6 Å². The van der Waals surface area contributed by atoms with Crippen LogP contribution >= 0.6 is 0 Å². The van der Waals surface area contributed by atoms with E-state index in [-0.39, 0.29) is 17.9 Å². The van der Waals surface area contributed by atoms with Gasteiger partial charge in [0.15, 0.2) is 5.82 Å². The molecule has 1 aromatic heterocycles. The summed E-state index contributed by atoms with van der Waals surface area (Å²) in [5.74, 6) is 1.50. The van der Waals surface area contributed by atoms with Crippen molar-refractivity contribution < 1.29 is 9.59 Å². The molecule has 0 radical (unpaired) electrons. The van der Waals surface area contributed by atoms with E-state index in [1.807, 2.05) is 73.2 Å². The Morgan fingerprint density at radius 1 is 1.03 bits per heavy atom. The largest absolute Gasteiger partial charge is 0.378 e. The van der Waals surface area contributed by atoms with Gasteiger partial charge in [-0.05, 0) is 30.5 Å². The third-order valence-electron chi connectivity index (χ3n) is 5.83. The molecule has 2 amide bonds. The Labute approximate surface area is 190 Å². The Balaban J connectivity index is 1.75. The summed E-state index contributed by atoms with van der Waals surface area (Å²) in [6, 6.07) is 9.82. The second-order valence-corrected chi connectivity index (χ2v) is 8.83. The molecule has 1 aromatic carbocycles. The Hall–Kier alpha value is -3.16. The van der Waals surface area contributed by atoms with Crippen molar-refractivity contribution in [2.45, 2.75) is 38.8 Å². The highest BCUT2D eigenvalue weighted by molar-refractivity contribution is 5.78. The fourth-order valence-corrected chi connectivity index (χ4v) is 3.93. The maximum atomic E-state index is 12.8. The first-order chi connectivity index (χ1) is 15.2. The van der Waals surface area contributed by atoms with Gasteiger partial charge < -0.3 is 19.6 Å². The van der Waals surface area contributed by atoms with Gasteiger partial charge in [0.2, 0.25) is 11.8 Å². The number of hydrogen-bond donors (Lipinski definition) is 0. The molecule has 1 fully saturated rings. The van der Waals surface area contributed by atoms with Gasteiger partial charge in [0.25, 0.3) is 0 Å². The monoisotopic (exact) mass is 438 g/mol. The summed E-state index contributed by atoms with van der Waals surface area (Å²) in [5, 5.41) is 0. The summed E-state index contributed by atoms with van der Waals surface area (Å²) in [5.41, 5.74) is 2.85. The molecule has 1 aliphatic heterocycles. The van der Waals surface area contributed by atoms with E-state index in [0.29, 0.717) is 18.8 Å². The van der Waals surface area contributed by atoms with Crippen LogP contribution in [0.1, 0.15) is 42.9 Å².